The molecule has 2 aromatic rings. The molecule has 1 unspecified atom stereocenters. The number of thioether (sulfide) groups is 1. The van der Waals surface area contributed by atoms with Gasteiger partial charge < -0.3 is 9.73 Å². The Morgan fingerprint density at radius 1 is 1.26 bits per heavy atom. The minimum Gasteiger partial charge on any atom is -0.419 e. The Morgan fingerprint density at radius 2 is 2.05 bits per heavy atom. The number of hydrogen-bond donors (Lipinski definition) is 1. The minimum absolute atomic E-state index is 0.458. The van der Waals surface area contributed by atoms with Crippen molar-refractivity contribution in [2.75, 3.05) is 12.0 Å². The van der Waals surface area contributed by atoms with Gasteiger partial charge in [-0.05, 0) is 37.5 Å². The average molecular weight is 277 g/mol. The van der Waals surface area contributed by atoms with Crippen LogP contribution in [-0.4, -0.2) is 28.2 Å². The maximum absolute atomic E-state index is 5.63. The summed E-state index contributed by atoms with van der Waals surface area (Å²) in [7, 11) is 0. The molecule has 1 aromatic carbocycles. The van der Waals surface area contributed by atoms with Crippen LogP contribution in [0.3, 0.4) is 0 Å². The first-order chi connectivity index (χ1) is 9.29. The molecule has 2 rings (SSSR count). The molecule has 1 atom stereocenters. The molecule has 4 nitrogen and oxygen atoms in total. The maximum Gasteiger partial charge on any atom is 0.247 e. The molecule has 0 spiro atoms. The first-order valence-electron chi connectivity index (χ1n) is 6.39. The molecule has 0 aliphatic heterocycles. The highest BCUT2D eigenvalue weighted by Gasteiger charge is 2.09. The first-order valence-corrected chi connectivity index (χ1v) is 7.79. The van der Waals surface area contributed by atoms with Crippen molar-refractivity contribution in [3.63, 3.8) is 0 Å². The summed E-state index contributed by atoms with van der Waals surface area (Å²) in [5.41, 5.74) is 0.955. The summed E-state index contributed by atoms with van der Waals surface area (Å²) in [5.74, 6) is 2.37. The normalized spacial score (nSPS) is 12.5. The molecule has 0 bridgehead atoms. The molecule has 1 N–H and O–H groups in total. The van der Waals surface area contributed by atoms with Crippen LogP contribution in [0.1, 0.15) is 19.2 Å². The highest BCUT2D eigenvalue weighted by molar-refractivity contribution is 7.98. The second-order valence-corrected chi connectivity index (χ2v) is 5.42. The van der Waals surface area contributed by atoms with Gasteiger partial charge in [0.15, 0.2) is 0 Å². The van der Waals surface area contributed by atoms with Gasteiger partial charge in [-0.3, -0.25) is 0 Å². The van der Waals surface area contributed by atoms with Gasteiger partial charge in [0, 0.05) is 11.6 Å². The van der Waals surface area contributed by atoms with E-state index in [0.29, 0.717) is 24.4 Å². The summed E-state index contributed by atoms with van der Waals surface area (Å²) in [4.78, 5) is 0. The molecule has 0 aliphatic carbocycles. The molecular weight excluding hydrogens is 258 g/mol. The molecule has 1 heterocycles. The number of nitrogens with one attached hydrogen (secondary N) is 1. The second kappa shape index (κ2) is 7.31. The van der Waals surface area contributed by atoms with E-state index in [-0.39, 0.29) is 0 Å². The van der Waals surface area contributed by atoms with Crippen molar-refractivity contribution in [2.45, 2.75) is 25.9 Å². The highest BCUT2D eigenvalue weighted by atomic mass is 32.2. The molecule has 19 heavy (non-hydrogen) atoms. The molecule has 102 valence electrons. The lowest BCUT2D eigenvalue weighted by atomic mass is 10.2. The second-order valence-electron chi connectivity index (χ2n) is 4.43. The van der Waals surface area contributed by atoms with Crippen LogP contribution in [0.4, 0.5) is 0 Å². The minimum atomic E-state index is 0.458. The van der Waals surface area contributed by atoms with Crippen molar-refractivity contribution >= 4 is 11.8 Å². The van der Waals surface area contributed by atoms with Crippen LogP contribution in [0.15, 0.2) is 34.7 Å². The van der Waals surface area contributed by atoms with Crippen molar-refractivity contribution in [2.24, 2.45) is 0 Å². The third kappa shape index (κ3) is 4.36. The van der Waals surface area contributed by atoms with Gasteiger partial charge in [0.25, 0.3) is 0 Å². The fourth-order valence-electron chi connectivity index (χ4n) is 1.68. The number of nitrogens with zero attached hydrogens (tertiary/aromatic N) is 2. The lowest BCUT2D eigenvalue weighted by molar-refractivity contribution is 0.445. The molecule has 5 heteroatoms. The van der Waals surface area contributed by atoms with E-state index in [0.717, 1.165) is 17.7 Å². The standard InChI is InChI=1S/C14H19N3OS/c1-11(8-9-19-2)15-10-13-16-17-14(18-13)12-6-4-3-5-7-12/h3-7,11,15H,8-10H2,1-2H3. The van der Waals surface area contributed by atoms with Gasteiger partial charge in [-0.1, -0.05) is 18.2 Å². The van der Waals surface area contributed by atoms with E-state index >= 15 is 0 Å². The molecule has 1 aromatic heterocycles. The van der Waals surface area contributed by atoms with Gasteiger partial charge in [-0.15, -0.1) is 10.2 Å². The molecule has 0 fully saturated rings. The zero-order valence-corrected chi connectivity index (χ0v) is 12.1. The van der Waals surface area contributed by atoms with Crippen LogP contribution < -0.4 is 5.32 Å². The molecule has 0 aliphatic rings. The third-order valence-corrected chi connectivity index (χ3v) is 3.49. The Kier molecular flexibility index (Phi) is 5.42. The SMILES string of the molecule is CSCCC(C)NCc1nnc(-c2ccccc2)o1. The largest absolute Gasteiger partial charge is 0.419 e. The van der Waals surface area contributed by atoms with E-state index in [4.69, 9.17) is 4.42 Å². The zero-order valence-electron chi connectivity index (χ0n) is 11.3. The Labute approximate surface area is 118 Å². The summed E-state index contributed by atoms with van der Waals surface area (Å²) in [6.07, 6.45) is 3.26. The number of hydrogen-bond acceptors (Lipinski definition) is 5. The predicted molar refractivity (Wildman–Crippen MR) is 79.0 cm³/mol. The Morgan fingerprint density at radius 3 is 2.79 bits per heavy atom. The van der Waals surface area contributed by atoms with Gasteiger partial charge in [0.2, 0.25) is 11.8 Å². The lowest BCUT2D eigenvalue weighted by Crippen LogP contribution is -2.26. The van der Waals surface area contributed by atoms with E-state index in [1.165, 1.54) is 0 Å². The van der Waals surface area contributed by atoms with Gasteiger partial charge in [-0.2, -0.15) is 11.8 Å². The van der Waals surface area contributed by atoms with E-state index in [1.807, 2.05) is 42.1 Å². The van der Waals surface area contributed by atoms with E-state index in [9.17, 15) is 0 Å². The Hall–Kier alpha value is -1.33. The topological polar surface area (TPSA) is 51.0 Å². The highest BCUT2D eigenvalue weighted by Crippen LogP contribution is 2.16. The summed E-state index contributed by atoms with van der Waals surface area (Å²) < 4.78 is 5.63. The van der Waals surface area contributed by atoms with Crippen LogP contribution in [0.5, 0.6) is 0 Å². The fraction of sp³-hybridized carbons (Fsp3) is 0.429. The first kappa shape index (κ1) is 14.1. The summed E-state index contributed by atoms with van der Waals surface area (Å²) in [6.45, 7) is 2.79. The van der Waals surface area contributed by atoms with E-state index < -0.39 is 0 Å². The van der Waals surface area contributed by atoms with Gasteiger partial charge in [-0.25, -0.2) is 0 Å². The summed E-state index contributed by atoms with van der Waals surface area (Å²) >= 11 is 1.86. The van der Waals surface area contributed by atoms with Crippen LogP contribution in [0.2, 0.25) is 0 Å². The summed E-state index contributed by atoms with van der Waals surface area (Å²) in [5, 5.41) is 11.5. The molecule has 0 amide bonds. The van der Waals surface area contributed by atoms with E-state index in [1.54, 1.807) is 0 Å². The number of rotatable bonds is 7. The molecule has 0 radical (unpaired) electrons. The lowest BCUT2D eigenvalue weighted by Gasteiger charge is -2.10. The van der Waals surface area contributed by atoms with Crippen molar-refractivity contribution in [1.82, 2.24) is 15.5 Å². The monoisotopic (exact) mass is 277 g/mol. The molecule has 0 saturated carbocycles. The predicted octanol–water partition coefficient (Wildman–Crippen LogP) is 2.97. The maximum atomic E-state index is 5.63. The smallest absolute Gasteiger partial charge is 0.247 e. The van der Waals surface area contributed by atoms with Crippen LogP contribution in [0.25, 0.3) is 11.5 Å². The average Bonchev–Trinajstić information content (AvgIpc) is 2.93. The molecular formula is C14H19N3OS. The van der Waals surface area contributed by atoms with Crippen molar-refractivity contribution in [3.8, 4) is 11.5 Å². The van der Waals surface area contributed by atoms with E-state index in [2.05, 4.69) is 28.7 Å². The Balaban J connectivity index is 1.88. The Bertz CT molecular complexity index is 486. The van der Waals surface area contributed by atoms with Gasteiger partial charge in [0.05, 0.1) is 6.54 Å². The number of aromatic nitrogens is 2. The molecule has 0 saturated heterocycles. The van der Waals surface area contributed by atoms with Crippen LogP contribution >= 0.6 is 11.8 Å². The van der Waals surface area contributed by atoms with Crippen LogP contribution in [0, 0.1) is 0 Å². The zero-order chi connectivity index (χ0) is 13.5. The van der Waals surface area contributed by atoms with Crippen molar-refractivity contribution in [3.05, 3.63) is 36.2 Å². The van der Waals surface area contributed by atoms with Crippen molar-refractivity contribution in [1.29, 1.82) is 0 Å². The fourth-order valence-corrected chi connectivity index (χ4v) is 2.27. The van der Waals surface area contributed by atoms with Gasteiger partial charge in [0.1, 0.15) is 0 Å². The quantitative estimate of drug-likeness (QED) is 0.843. The van der Waals surface area contributed by atoms with Crippen LogP contribution in [-0.2, 0) is 6.54 Å². The number of benzene rings is 1. The van der Waals surface area contributed by atoms with Crippen molar-refractivity contribution < 1.29 is 4.42 Å². The third-order valence-electron chi connectivity index (χ3n) is 2.84. The summed E-state index contributed by atoms with van der Waals surface area (Å²) in [6, 6.07) is 10.3. The van der Waals surface area contributed by atoms with Gasteiger partial charge >= 0.3 is 0 Å².